The van der Waals surface area contributed by atoms with Gasteiger partial charge in [0.25, 0.3) is 0 Å². The number of hydrogen-bond donors (Lipinski definition) is 2. The summed E-state index contributed by atoms with van der Waals surface area (Å²) in [4.78, 5) is 0. The van der Waals surface area contributed by atoms with Crippen LogP contribution in [0.1, 0.15) is 30.5 Å². The number of hydrogen-bond acceptors (Lipinski definition) is 2. The van der Waals surface area contributed by atoms with Crippen LogP contribution in [0.5, 0.6) is 5.75 Å². The van der Waals surface area contributed by atoms with Crippen LogP contribution >= 0.6 is 0 Å². The number of phenols is 1. The standard InChI is InChI=1S/C13H17NO/c1-9(2)8-14-13-6-3-10-7-11(15)4-5-12(10)13/h4-5,7,13-15H,1,3,6,8H2,2H3. The average molecular weight is 203 g/mol. The van der Waals surface area contributed by atoms with E-state index in [2.05, 4.69) is 11.9 Å². The maximum Gasteiger partial charge on any atom is 0.115 e. The highest BCUT2D eigenvalue weighted by Gasteiger charge is 2.21. The molecule has 1 aromatic rings. The van der Waals surface area contributed by atoms with E-state index in [9.17, 15) is 5.11 Å². The van der Waals surface area contributed by atoms with E-state index in [1.54, 1.807) is 6.07 Å². The Morgan fingerprint density at radius 2 is 2.40 bits per heavy atom. The number of benzene rings is 1. The Morgan fingerprint density at radius 3 is 3.13 bits per heavy atom. The van der Waals surface area contributed by atoms with Gasteiger partial charge in [0.2, 0.25) is 0 Å². The van der Waals surface area contributed by atoms with E-state index in [1.165, 1.54) is 11.1 Å². The summed E-state index contributed by atoms with van der Waals surface area (Å²) in [5.41, 5.74) is 3.76. The first-order valence-corrected chi connectivity index (χ1v) is 5.36. The summed E-state index contributed by atoms with van der Waals surface area (Å²) in [6, 6.07) is 6.09. The predicted molar refractivity (Wildman–Crippen MR) is 62.0 cm³/mol. The zero-order chi connectivity index (χ0) is 10.8. The predicted octanol–water partition coefficient (Wildman–Crippen LogP) is 2.55. The topological polar surface area (TPSA) is 32.3 Å². The molecule has 0 spiro atoms. The molecule has 0 bridgehead atoms. The lowest BCUT2D eigenvalue weighted by atomic mass is 10.1. The molecule has 80 valence electrons. The smallest absolute Gasteiger partial charge is 0.115 e. The van der Waals surface area contributed by atoms with Crippen molar-refractivity contribution in [1.82, 2.24) is 5.32 Å². The van der Waals surface area contributed by atoms with Gasteiger partial charge in [-0.05, 0) is 43.0 Å². The van der Waals surface area contributed by atoms with Gasteiger partial charge in [0.15, 0.2) is 0 Å². The average Bonchev–Trinajstić information content (AvgIpc) is 2.57. The Hall–Kier alpha value is -1.28. The van der Waals surface area contributed by atoms with Crippen LogP contribution in [0.25, 0.3) is 0 Å². The first kappa shape index (κ1) is 10.2. The van der Waals surface area contributed by atoms with Crippen LogP contribution in [0.15, 0.2) is 30.4 Å². The van der Waals surface area contributed by atoms with Crippen molar-refractivity contribution >= 4 is 0 Å². The number of nitrogens with one attached hydrogen (secondary N) is 1. The van der Waals surface area contributed by atoms with E-state index in [1.807, 2.05) is 19.1 Å². The molecule has 2 heteroatoms. The minimum Gasteiger partial charge on any atom is -0.508 e. The minimum atomic E-state index is 0.370. The second-order valence-corrected chi connectivity index (χ2v) is 4.31. The molecule has 2 nitrogen and oxygen atoms in total. The summed E-state index contributed by atoms with van der Waals surface area (Å²) in [7, 11) is 0. The lowest BCUT2D eigenvalue weighted by molar-refractivity contribution is 0.474. The quantitative estimate of drug-likeness (QED) is 0.740. The van der Waals surface area contributed by atoms with Crippen LogP contribution in [-0.2, 0) is 6.42 Å². The summed E-state index contributed by atoms with van der Waals surface area (Å²) in [6.07, 6.45) is 2.17. The molecule has 1 unspecified atom stereocenters. The molecule has 2 rings (SSSR count). The maximum atomic E-state index is 9.37. The summed E-state index contributed by atoms with van der Waals surface area (Å²) in [5, 5.41) is 12.8. The van der Waals surface area contributed by atoms with Gasteiger partial charge in [0.05, 0.1) is 0 Å². The van der Waals surface area contributed by atoms with Gasteiger partial charge in [-0.15, -0.1) is 0 Å². The Bertz CT molecular complexity index is 384. The molecule has 1 atom stereocenters. The molecule has 15 heavy (non-hydrogen) atoms. The number of fused-ring (bicyclic) bond motifs is 1. The van der Waals surface area contributed by atoms with Gasteiger partial charge in [-0.3, -0.25) is 0 Å². The fourth-order valence-corrected chi connectivity index (χ4v) is 2.11. The summed E-state index contributed by atoms with van der Waals surface area (Å²) >= 11 is 0. The Kier molecular flexibility index (Phi) is 2.78. The second-order valence-electron chi connectivity index (χ2n) is 4.31. The van der Waals surface area contributed by atoms with Crippen molar-refractivity contribution in [1.29, 1.82) is 0 Å². The number of phenolic OH excluding ortho intramolecular Hbond substituents is 1. The van der Waals surface area contributed by atoms with E-state index >= 15 is 0 Å². The highest BCUT2D eigenvalue weighted by molar-refractivity contribution is 5.40. The lowest BCUT2D eigenvalue weighted by Gasteiger charge is -2.13. The molecule has 0 amide bonds. The van der Waals surface area contributed by atoms with Crippen molar-refractivity contribution in [2.75, 3.05) is 6.54 Å². The number of aromatic hydroxyl groups is 1. The van der Waals surface area contributed by atoms with Crippen molar-refractivity contribution < 1.29 is 5.11 Å². The van der Waals surface area contributed by atoms with Crippen LogP contribution in [0, 0.1) is 0 Å². The summed E-state index contributed by atoms with van der Waals surface area (Å²) < 4.78 is 0. The van der Waals surface area contributed by atoms with Crippen LogP contribution in [0.4, 0.5) is 0 Å². The molecular weight excluding hydrogens is 186 g/mol. The van der Waals surface area contributed by atoms with E-state index in [0.29, 0.717) is 11.8 Å². The van der Waals surface area contributed by atoms with E-state index in [0.717, 1.165) is 25.0 Å². The first-order chi connectivity index (χ1) is 7.16. The zero-order valence-electron chi connectivity index (χ0n) is 9.09. The number of aryl methyl sites for hydroxylation is 1. The van der Waals surface area contributed by atoms with Gasteiger partial charge >= 0.3 is 0 Å². The zero-order valence-corrected chi connectivity index (χ0v) is 9.09. The molecule has 2 N–H and O–H groups in total. The molecule has 0 saturated heterocycles. The Morgan fingerprint density at radius 1 is 1.60 bits per heavy atom. The van der Waals surface area contributed by atoms with Crippen LogP contribution in [0.2, 0.25) is 0 Å². The van der Waals surface area contributed by atoms with Crippen LogP contribution in [-0.4, -0.2) is 11.7 Å². The van der Waals surface area contributed by atoms with E-state index in [-0.39, 0.29) is 0 Å². The molecule has 1 aliphatic rings. The van der Waals surface area contributed by atoms with Gasteiger partial charge in [-0.1, -0.05) is 18.2 Å². The third kappa shape index (κ3) is 2.21. The molecule has 0 radical (unpaired) electrons. The van der Waals surface area contributed by atoms with E-state index < -0.39 is 0 Å². The first-order valence-electron chi connectivity index (χ1n) is 5.36. The molecular formula is C13H17NO. The molecule has 1 aliphatic carbocycles. The lowest BCUT2D eigenvalue weighted by Crippen LogP contribution is -2.20. The van der Waals surface area contributed by atoms with Crippen LogP contribution < -0.4 is 5.32 Å². The highest BCUT2D eigenvalue weighted by Crippen LogP contribution is 2.33. The van der Waals surface area contributed by atoms with Gasteiger partial charge in [-0.2, -0.15) is 0 Å². The fraction of sp³-hybridized carbons (Fsp3) is 0.385. The van der Waals surface area contributed by atoms with Crippen molar-refractivity contribution in [2.24, 2.45) is 0 Å². The van der Waals surface area contributed by atoms with Gasteiger partial charge < -0.3 is 10.4 Å². The van der Waals surface area contributed by atoms with Gasteiger partial charge in [-0.25, -0.2) is 0 Å². The summed E-state index contributed by atoms with van der Waals surface area (Å²) in [5.74, 6) is 0.370. The minimum absolute atomic E-state index is 0.370. The maximum absolute atomic E-state index is 9.37. The monoisotopic (exact) mass is 203 g/mol. The van der Waals surface area contributed by atoms with Crippen molar-refractivity contribution in [2.45, 2.75) is 25.8 Å². The molecule has 0 saturated carbocycles. The molecule has 0 fully saturated rings. The van der Waals surface area contributed by atoms with Crippen molar-refractivity contribution in [3.8, 4) is 5.75 Å². The van der Waals surface area contributed by atoms with Gasteiger partial charge in [0.1, 0.15) is 5.75 Å². The van der Waals surface area contributed by atoms with E-state index in [4.69, 9.17) is 0 Å². The normalized spacial score (nSPS) is 18.9. The largest absolute Gasteiger partial charge is 0.508 e. The third-order valence-electron chi connectivity index (χ3n) is 2.85. The van der Waals surface area contributed by atoms with Crippen molar-refractivity contribution in [3.63, 3.8) is 0 Å². The third-order valence-corrected chi connectivity index (χ3v) is 2.85. The molecule has 0 aromatic heterocycles. The Labute approximate surface area is 90.6 Å². The molecule has 1 aromatic carbocycles. The Balaban J connectivity index is 2.11. The molecule has 0 heterocycles. The molecule has 0 aliphatic heterocycles. The van der Waals surface area contributed by atoms with Gasteiger partial charge in [0, 0.05) is 12.6 Å². The second kappa shape index (κ2) is 4.07. The van der Waals surface area contributed by atoms with Crippen LogP contribution in [0.3, 0.4) is 0 Å². The SMILES string of the molecule is C=C(C)CNC1CCc2cc(O)ccc21. The number of rotatable bonds is 3. The fourth-order valence-electron chi connectivity index (χ4n) is 2.11. The van der Waals surface area contributed by atoms with Crippen molar-refractivity contribution in [3.05, 3.63) is 41.5 Å². The summed E-state index contributed by atoms with van der Waals surface area (Å²) in [6.45, 7) is 6.78. The highest BCUT2D eigenvalue weighted by atomic mass is 16.3.